The molecule has 0 spiro atoms. The summed E-state index contributed by atoms with van der Waals surface area (Å²) in [6, 6.07) is 14.4. The third kappa shape index (κ3) is 6.80. The van der Waals surface area contributed by atoms with Gasteiger partial charge in [-0.25, -0.2) is 22.9 Å². The van der Waals surface area contributed by atoms with E-state index in [9.17, 15) is 18.0 Å². The Labute approximate surface area is 183 Å². The van der Waals surface area contributed by atoms with Gasteiger partial charge in [-0.05, 0) is 55.0 Å². The summed E-state index contributed by atoms with van der Waals surface area (Å²) in [5, 5.41) is 4.57. The summed E-state index contributed by atoms with van der Waals surface area (Å²) in [5.74, 6) is 0.452. The van der Waals surface area contributed by atoms with Crippen LogP contribution in [0.3, 0.4) is 0 Å². The summed E-state index contributed by atoms with van der Waals surface area (Å²) in [6.07, 6.45) is 2.47. The highest BCUT2D eigenvalue weighted by molar-refractivity contribution is 7.90. The van der Waals surface area contributed by atoms with Crippen molar-refractivity contribution < 1.29 is 18.0 Å². The zero-order chi connectivity index (χ0) is 22.3. The molecule has 0 saturated carbocycles. The first-order valence-corrected chi connectivity index (χ1v) is 11.8. The second kappa shape index (κ2) is 10.4. The molecule has 3 N–H and O–H groups in total. The van der Waals surface area contributed by atoms with Crippen LogP contribution in [0.1, 0.15) is 35.7 Å². The van der Waals surface area contributed by atoms with Crippen LogP contribution in [0.5, 0.6) is 0 Å². The Morgan fingerprint density at radius 1 is 1.00 bits per heavy atom. The molecule has 1 fully saturated rings. The molecule has 2 aromatic carbocycles. The fourth-order valence-corrected chi connectivity index (χ4v) is 4.22. The van der Waals surface area contributed by atoms with Crippen molar-refractivity contribution in [1.82, 2.24) is 20.5 Å². The smallest absolute Gasteiger partial charge is 0.343 e. The van der Waals surface area contributed by atoms with E-state index in [1.165, 1.54) is 12.1 Å². The molecule has 1 aliphatic heterocycles. The number of benzene rings is 2. The van der Waals surface area contributed by atoms with Crippen LogP contribution in [-0.2, 0) is 16.4 Å². The molecule has 0 radical (unpaired) electrons. The zero-order valence-corrected chi connectivity index (χ0v) is 18.3. The van der Waals surface area contributed by atoms with Gasteiger partial charge in [-0.1, -0.05) is 37.3 Å². The number of urea groups is 1. The largest absolute Gasteiger partial charge is 0.352 e. The third-order valence-electron chi connectivity index (χ3n) is 5.24. The highest BCUT2D eigenvalue weighted by atomic mass is 32.2. The predicted molar refractivity (Wildman–Crippen MR) is 118 cm³/mol. The third-order valence-corrected chi connectivity index (χ3v) is 6.59. The molecule has 2 aromatic rings. The molecule has 0 atom stereocenters. The topological polar surface area (TPSA) is 108 Å². The van der Waals surface area contributed by atoms with Gasteiger partial charge in [0.25, 0.3) is 15.9 Å². The summed E-state index contributed by atoms with van der Waals surface area (Å²) in [5.41, 5.74) is 4.06. The molecule has 166 valence electrons. The van der Waals surface area contributed by atoms with Crippen LogP contribution in [0.25, 0.3) is 0 Å². The van der Waals surface area contributed by atoms with Gasteiger partial charge in [0.15, 0.2) is 0 Å². The van der Waals surface area contributed by atoms with E-state index in [-0.39, 0.29) is 10.8 Å². The molecular weight excluding hydrogens is 416 g/mol. The molecular formula is C22H28N4O4S. The minimum Gasteiger partial charge on any atom is -0.352 e. The molecule has 0 bridgehead atoms. The number of carbonyl (C=O) groups is 2. The summed E-state index contributed by atoms with van der Waals surface area (Å²) >= 11 is 0. The number of amides is 3. The minimum atomic E-state index is -3.97. The number of hydrogen-bond donors (Lipinski definition) is 3. The van der Waals surface area contributed by atoms with Crippen LogP contribution in [0.2, 0.25) is 0 Å². The van der Waals surface area contributed by atoms with Crippen molar-refractivity contribution in [3.8, 4) is 0 Å². The van der Waals surface area contributed by atoms with Gasteiger partial charge < -0.3 is 5.32 Å². The number of hydrogen-bond acceptors (Lipinski definition) is 5. The normalized spacial score (nSPS) is 15.3. The highest BCUT2D eigenvalue weighted by Gasteiger charge is 2.21. The Bertz CT molecular complexity index is 986. The van der Waals surface area contributed by atoms with E-state index in [0.717, 1.165) is 18.4 Å². The minimum absolute atomic E-state index is 0.00647. The Kier molecular flexibility index (Phi) is 7.64. The Morgan fingerprint density at radius 2 is 1.65 bits per heavy atom. The van der Waals surface area contributed by atoms with Crippen molar-refractivity contribution in [2.45, 2.75) is 31.1 Å². The first kappa shape index (κ1) is 22.8. The van der Waals surface area contributed by atoms with Gasteiger partial charge in [-0.2, -0.15) is 0 Å². The summed E-state index contributed by atoms with van der Waals surface area (Å²) in [6.45, 7) is 3.98. The molecule has 1 saturated heterocycles. The van der Waals surface area contributed by atoms with E-state index in [1.54, 1.807) is 41.4 Å². The standard InChI is InChI=1S/C22H28N4O4S/c1-17-12-15-26(16-13-17)24-22(28)25-31(29,30)20-9-7-18(8-10-20)11-14-23-21(27)19-5-3-2-4-6-19/h2-10,17H,11-16H2,1H3,(H,23,27)(H2,24,25,28). The van der Waals surface area contributed by atoms with Crippen LogP contribution in [0, 0.1) is 5.92 Å². The second-order valence-corrected chi connectivity index (χ2v) is 9.41. The van der Waals surface area contributed by atoms with E-state index < -0.39 is 16.1 Å². The number of nitrogens with zero attached hydrogens (tertiary/aromatic N) is 1. The average molecular weight is 445 g/mol. The summed E-state index contributed by atoms with van der Waals surface area (Å²) < 4.78 is 27.0. The van der Waals surface area contributed by atoms with Gasteiger partial charge in [0.2, 0.25) is 0 Å². The van der Waals surface area contributed by atoms with Crippen LogP contribution < -0.4 is 15.5 Å². The number of carbonyl (C=O) groups excluding carboxylic acids is 2. The molecule has 3 rings (SSSR count). The number of rotatable bonds is 7. The Hall–Kier alpha value is -2.91. The van der Waals surface area contributed by atoms with Gasteiger partial charge in [-0.15, -0.1) is 0 Å². The Balaban J connectivity index is 1.47. The fourth-order valence-electron chi connectivity index (χ4n) is 3.32. The van der Waals surface area contributed by atoms with Crippen molar-refractivity contribution in [2.75, 3.05) is 19.6 Å². The maximum absolute atomic E-state index is 12.5. The second-order valence-electron chi connectivity index (χ2n) is 7.73. The Morgan fingerprint density at radius 3 is 2.29 bits per heavy atom. The molecule has 31 heavy (non-hydrogen) atoms. The quantitative estimate of drug-likeness (QED) is 0.607. The maximum Gasteiger partial charge on any atom is 0.343 e. The highest BCUT2D eigenvalue weighted by Crippen LogP contribution is 2.14. The molecule has 1 aliphatic rings. The van der Waals surface area contributed by atoms with E-state index in [2.05, 4.69) is 22.4 Å². The number of sulfonamides is 1. The average Bonchev–Trinajstić information content (AvgIpc) is 2.76. The summed E-state index contributed by atoms with van der Waals surface area (Å²) in [7, 11) is -3.97. The number of nitrogens with one attached hydrogen (secondary N) is 3. The molecule has 9 heteroatoms. The molecule has 8 nitrogen and oxygen atoms in total. The fraction of sp³-hybridized carbons (Fsp3) is 0.364. The number of piperidine rings is 1. The van der Waals surface area contributed by atoms with Crippen LogP contribution in [-0.4, -0.2) is 45.0 Å². The van der Waals surface area contributed by atoms with Gasteiger partial charge in [0.05, 0.1) is 4.90 Å². The van der Waals surface area contributed by atoms with Crippen molar-refractivity contribution in [2.24, 2.45) is 5.92 Å². The zero-order valence-electron chi connectivity index (χ0n) is 17.5. The lowest BCUT2D eigenvalue weighted by Gasteiger charge is -2.30. The first-order chi connectivity index (χ1) is 14.8. The van der Waals surface area contributed by atoms with Crippen molar-refractivity contribution in [3.63, 3.8) is 0 Å². The monoisotopic (exact) mass is 444 g/mol. The van der Waals surface area contributed by atoms with Crippen molar-refractivity contribution in [3.05, 3.63) is 65.7 Å². The van der Waals surface area contributed by atoms with Crippen LogP contribution in [0.15, 0.2) is 59.5 Å². The lowest BCUT2D eigenvalue weighted by Crippen LogP contribution is -2.51. The number of hydrazine groups is 1. The SMILES string of the molecule is CC1CCN(NC(=O)NS(=O)(=O)c2ccc(CCNC(=O)c3ccccc3)cc2)CC1. The van der Waals surface area contributed by atoms with Gasteiger partial charge in [-0.3, -0.25) is 10.2 Å². The molecule has 0 unspecified atom stereocenters. The summed E-state index contributed by atoms with van der Waals surface area (Å²) in [4.78, 5) is 24.1. The molecule has 0 aliphatic carbocycles. The van der Waals surface area contributed by atoms with E-state index in [1.807, 2.05) is 6.07 Å². The van der Waals surface area contributed by atoms with Gasteiger partial charge in [0, 0.05) is 25.2 Å². The van der Waals surface area contributed by atoms with E-state index in [4.69, 9.17) is 0 Å². The maximum atomic E-state index is 12.5. The van der Waals surface area contributed by atoms with Crippen molar-refractivity contribution >= 4 is 22.0 Å². The lowest BCUT2D eigenvalue weighted by atomic mass is 10.0. The first-order valence-electron chi connectivity index (χ1n) is 10.3. The van der Waals surface area contributed by atoms with Crippen molar-refractivity contribution in [1.29, 1.82) is 0 Å². The lowest BCUT2D eigenvalue weighted by molar-refractivity contribution is 0.0954. The van der Waals surface area contributed by atoms with E-state index >= 15 is 0 Å². The van der Waals surface area contributed by atoms with E-state index in [0.29, 0.717) is 37.5 Å². The molecule has 1 heterocycles. The predicted octanol–water partition coefficient (Wildman–Crippen LogP) is 2.29. The van der Waals surface area contributed by atoms with Crippen LogP contribution >= 0.6 is 0 Å². The van der Waals surface area contributed by atoms with Gasteiger partial charge in [0.1, 0.15) is 0 Å². The molecule has 3 amide bonds. The molecule has 0 aromatic heterocycles. The van der Waals surface area contributed by atoms with Crippen LogP contribution in [0.4, 0.5) is 4.79 Å². The van der Waals surface area contributed by atoms with Gasteiger partial charge >= 0.3 is 6.03 Å².